The zero-order valence-corrected chi connectivity index (χ0v) is 20.0. The maximum atomic E-state index is 5.93. The van der Waals surface area contributed by atoms with Gasteiger partial charge in [0.05, 0.1) is 7.11 Å². The highest BCUT2D eigenvalue weighted by Crippen LogP contribution is 2.62. The van der Waals surface area contributed by atoms with Crippen molar-refractivity contribution >= 4 is 32.4 Å². The summed E-state index contributed by atoms with van der Waals surface area (Å²) in [6.07, 6.45) is 10.7. The number of hydrogen-bond donors (Lipinski definition) is 0. The molecule has 4 saturated carbocycles. The fourth-order valence-electron chi connectivity index (χ4n) is 7.29. The molecule has 0 saturated heterocycles. The van der Waals surface area contributed by atoms with E-state index in [9.17, 15) is 0 Å². The van der Waals surface area contributed by atoms with E-state index in [1.165, 1.54) is 70.9 Å². The van der Waals surface area contributed by atoms with Gasteiger partial charge in [-0.25, -0.2) is 0 Å². The molecule has 0 atom stereocenters. The first-order chi connectivity index (χ1) is 15.2. The summed E-state index contributed by atoms with van der Waals surface area (Å²) in [4.78, 5) is 1.32. The summed E-state index contributed by atoms with van der Waals surface area (Å²) in [7, 11) is 5.47. The normalized spacial score (nSPS) is 28.9. The molecule has 4 aliphatic rings. The van der Waals surface area contributed by atoms with Gasteiger partial charge in [-0.05, 0) is 120 Å². The zero-order chi connectivity index (χ0) is 21.0. The second-order valence-electron chi connectivity index (χ2n) is 10.1. The van der Waals surface area contributed by atoms with Gasteiger partial charge in [0.25, 0.3) is 0 Å². The van der Waals surface area contributed by atoms with Crippen LogP contribution in [0.15, 0.2) is 59.5 Å². The first kappa shape index (κ1) is 20.1. The summed E-state index contributed by atoms with van der Waals surface area (Å²) in [5, 5.41) is 2.63. The monoisotopic (exact) mass is 446 g/mol. The first-order valence-corrected chi connectivity index (χ1v) is 14.1. The second kappa shape index (κ2) is 7.78. The molecule has 31 heavy (non-hydrogen) atoms. The Morgan fingerprint density at radius 3 is 2.06 bits per heavy atom. The first-order valence-electron chi connectivity index (χ1n) is 11.6. The van der Waals surface area contributed by atoms with E-state index >= 15 is 0 Å². The second-order valence-corrected chi connectivity index (χ2v) is 12.6. The minimum Gasteiger partial charge on any atom is -0.496 e. The molecule has 3 aromatic rings. The Hall–Kier alpha value is -1.58. The summed E-state index contributed by atoms with van der Waals surface area (Å²) in [5.41, 5.74) is 4.47. The number of fused-ring (bicyclic) bond motifs is 1. The summed E-state index contributed by atoms with van der Waals surface area (Å²) in [5.74, 6) is 3.92. The van der Waals surface area contributed by atoms with Gasteiger partial charge in [-0.1, -0.05) is 45.9 Å². The van der Waals surface area contributed by atoms with E-state index in [1.54, 1.807) is 10.8 Å². The third-order valence-electron chi connectivity index (χ3n) is 8.13. The van der Waals surface area contributed by atoms with Crippen LogP contribution in [0.1, 0.15) is 44.1 Å². The van der Waals surface area contributed by atoms with Crippen LogP contribution in [0.2, 0.25) is 0 Å². The molecule has 4 fully saturated rings. The van der Waals surface area contributed by atoms with Crippen molar-refractivity contribution in [2.45, 2.75) is 48.8 Å². The van der Waals surface area contributed by atoms with E-state index in [4.69, 9.17) is 4.74 Å². The highest BCUT2D eigenvalue weighted by atomic mass is 33.1. The van der Waals surface area contributed by atoms with E-state index in [0.717, 1.165) is 23.5 Å². The average Bonchev–Trinajstić information content (AvgIpc) is 2.77. The molecule has 0 radical (unpaired) electrons. The van der Waals surface area contributed by atoms with Gasteiger partial charge >= 0.3 is 0 Å². The Bertz CT molecular complexity index is 1100. The molecule has 160 valence electrons. The Labute approximate surface area is 193 Å². The Morgan fingerprint density at radius 1 is 0.774 bits per heavy atom. The van der Waals surface area contributed by atoms with Crippen LogP contribution in [0.4, 0.5) is 0 Å². The molecule has 0 heterocycles. The van der Waals surface area contributed by atoms with E-state index in [0.29, 0.717) is 5.41 Å². The maximum absolute atomic E-state index is 5.93. The van der Waals surface area contributed by atoms with Crippen molar-refractivity contribution in [3.8, 4) is 16.9 Å². The van der Waals surface area contributed by atoms with Crippen molar-refractivity contribution in [2.75, 3.05) is 13.4 Å². The molecule has 0 amide bonds. The fraction of sp³-hybridized carbons (Fsp3) is 0.429. The molecule has 1 nitrogen and oxygen atoms in total. The Kier molecular flexibility index (Phi) is 5.03. The van der Waals surface area contributed by atoms with Gasteiger partial charge in [0.2, 0.25) is 0 Å². The summed E-state index contributed by atoms with van der Waals surface area (Å²) in [6, 6.07) is 20.7. The van der Waals surface area contributed by atoms with Crippen LogP contribution in [0, 0.1) is 17.8 Å². The van der Waals surface area contributed by atoms with Gasteiger partial charge in [0, 0.05) is 10.5 Å². The van der Waals surface area contributed by atoms with Crippen molar-refractivity contribution < 1.29 is 4.74 Å². The van der Waals surface area contributed by atoms with Crippen molar-refractivity contribution in [1.82, 2.24) is 0 Å². The molecule has 4 bridgehead atoms. The van der Waals surface area contributed by atoms with Crippen LogP contribution in [0.5, 0.6) is 5.75 Å². The third kappa shape index (κ3) is 3.49. The third-order valence-corrected chi connectivity index (χ3v) is 9.82. The van der Waals surface area contributed by atoms with Crippen LogP contribution in [-0.4, -0.2) is 13.4 Å². The predicted octanol–water partition coefficient (Wildman–Crippen LogP) is 8.35. The molecule has 0 spiro atoms. The molecular weight excluding hydrogens is 416 g/mol. The van der Waals surface area contributed by atoms with E-state index in [2.05, 4.69) is 60.9 Å². The molecule has 4 aliphatic carbocycles. The SMILES string of the molecule is COc1ccc(-c2ccc3cc(SSC)ccc3c2)cc1C12CC3CC(CC(C3)C1)C2. The largest absolute Gasteiger partial charge is 0.496 e. The van der Waals surface area contributed by atoms with Crippen LogP contribution in [0.3, 0.4) is 0 Å². The summed E-state index contributed by atoms with van der Waals surface area (Å²) < 4.78 is 5.93. The zero-order valence-electron chi connectivity index (χ0n) is 18.4. The van der Waals surface area contributed by atoms with Crippen LogP contribution in [0.25, 0.3) is 21.9 Å². The van der Waals surface area contributed by atoms with Gasteiger partial charge in [0.1, 0.15) is 5.75 Å². The van der Waals surface area contributed by atoms with Gasteiger partial charge < -0.3 is 4.74 Å². The molecular formula is C28H30OS2. The fourth-order valence-corrected chi connectivity index (χ4v) is 8.67. The minimum absolute atomic E-state index is 0.344. The molecule has 3 heteroatoms. The van der Waals surface area contributed by atoms with Gasteiger partial charge in [-0.3, -0.25) is 0 Å². The number of benzene rings is 3. The number of methoxy groups -OCH3 is 1. The molecule has 7 rings (SSSR count). The molecule has 0 aromatic heterocycles. The lowest BCUT2D eigenvalue weighted by molar-refractivity contribution is -0.00613. The standard InChI is InChI=1S/C28H30OS2/c1-29-27-8-6-24(21-3-4-23-13-25(31-30-2)7-5-22(23)12-21)14-26(27)28-15-18-9-19(16-28)11-20(10-18)17-28/h3-8,12-14,18-20H,9-11,15-17H2,1-2H3. The molecule has 0 aliphatic heterocycles. The van der Waals surface area contributed by atoms with Crippen LogP contribution < -0.4 is 4.74 Å². The average molecular weight is 447 g/mol. The lowest BCUT2D eigenvalue weighted by atomic mass is 9.48. The molecule has 0 N–H and O–H groups in total. The Balaban J connectivity index is 1.41. The van der Waals surface area contributed by atoms with Crippen molar-refractivity contribution in [1.29, 1.82) is 0 Å². The van der Waals surface area contributed by atoms with Crippen LogP contribution in [-0.2, 0) is 5.41 Å². The van der Waals surface area contributed by atoms with E-state index < -0.39 is 0 Å². The number of hydrogen-bond acceptors (Lipinski definition) is 3. The number of ether oxygens (including phenoxy) is 1. The van der Waals surface area contributed by atoms with Gasteiger partial charge in [-0.15, -0.1) is 0 Å². The quantitative estimate of drug-likeness (QED) is 0.364. The maximum Gasteiger partial charge on any atom is 0.122 e. The van der Waals surface area contributed by atoms with Gasteiger partial charge in [-0.2, -0.15) is 0 Å². The number of rotatable bonds is 5. The van der Waals surface area contributed by atoms with E-state index in [-0.39, 0.29) is 0 Å². The smallest absolute Gasteiger partial charge is 0.122 e. The predicted molar refractivity (Wildman–Crippen MR) is 135 cm³/mol. The lowest BCUT2D eigenvalue weighted by Gasteiger charge is -2.57. The molecule has 0 unspecified atom stereocenters. The lowest BCUT2D eigenvalue weighted by Crippen LogP contribution is -2.48. The van der Waals surface area contributed by atoms with Crippen molar-refractivity contribution in [3.63, 3.8) is 0 Å². The Morgan fingerprint density at radius 2 is 1.39 bits per heavy atom. The van der Waals surface area contributed by atoms with Crippen molar-refractivity contribution in [3.05, 3.63) is 60.2 Å². The highest BCUT2D eigenvalue weighted by molar-refractivity contribution is 8.76. The highest BCUT2D eigenvalue weighted by Gasteiger charge is 2.52. The topological polar surface area (TPSA) is 9.23 Å². The minimum atomic E-state index is 0.344. The van der Waals surface area contributed by atoms with Gasteiger partial charge in [0.15, 0.2) is 0 Å². The van der Waals surface area contributed by atoms with Crippen molar-refractivity contribution in [2.24, 2.45) is 17.8 Å². The summed E-state index contributed by atoms with van der Waals surface area (Å²) >= 11 is 0. The van der Waals surface area contributed by atoms with Crippen LogP contribution >= 0.6 is 21.6 Å². The summed E-state index contributed by atoms with van der Waals surface area (Å²) in [6.45, 7) is 0. The van der Waals surface area contributed by atoms with E-state index in [1.807, 2.05) is 17.9 Å². The molecule has 3 aromatic carbocycles.